The molecule has 0 radical (unpaired) electrons. The minimum absolute atomic E-state index is 0.0589. The molecule has 9 unspecified atom stereocenters. The SMILES string of the molecule is C[C@H]1CC[C@@]2(C)C(CCC3C2CC[C@]2(C)C(C4CC5C4COC5(C)O)CCC32O)C1. The molecular formula is C27H44O3. The smallest absolute Gasteiger partial charge is 0.165 e. The van der Waals surface area contributed by atoms with E-state index in [1.165, 1.54) is 51.4 Å². The summed E-state index contributed by atoms with van der Waals surface area (Å²) in [6.45, 7) is 10.1. The van der Waals surface area contributed by atoms with E-state index < -0.39 is 11.4 Å². The highest BCUT2D eigenvalue weighted by molar-refractivity contribution is 5.19. The maximum absolute atomic E-state index is 12.4. The molecule has 1 saturated heterocycles. The van der Waals surface area contributed by atoms with Gasteiger partial charge in [0, 0.05) is 5.92 Å². The lowest BCUT2D eigenvalue weighted by Gasteiger charge is -2.64. The lowest BCUT2D eigenvalue weighted by molar-refractivity contribution is -0.222. The Balaban J connectivity index is 1.27. The van der Waals surface area contributed by atoms with Crippen LogP contribution in [0.3, 0.4) is 0 Å². The average Bonchev–Trinajstić information content (AvgIpc) is 3.06. The highest BCUT2D eigenvalue weighted by atomic mass is 16.6. The van der Waals surface area contributed by atoms with Crippen LogP contribution < -0.4 is 0 Å². The van der Waals surface area contributed by atoms with Crippen molar-refractivity contribution in [3.63, 3.8) is 0 Å². The van der Waals surface area contributed by atoms with Crippen LogP contribution in [-0.2, 0) is 4.74 Å². The first-order valence-electron chi connectivity index (χ1n) is 13.2. The van der Waals surface area contributed by atoms with Gasteiger partial charge in [0.25, 0.3) is 0 Å². The van der Waals surface area contributed by atoms with Crippen LogP contribution in [0.15, 0.2) is 0 Å². The molecule has 0 bridgehead atoms. The van der Waals surface area contributed by atoms with Crippen LogP contribution in [0.2, 0.25) is 0 Å². The maximum Gasteiger partial charge on any atom is 0.165 e. The Labute approximate surface area is 183 Å². The molecule has 170 valence electrons. The molecule has 3 nitrogen and oxygen atoms in total. The van der Waals surface area contributed by atoms with Gasteiger partial charge in [0.1, 0.15) is 0 Å². The minimum atomic E-state index is -0.917. The van der Waals surface area contributed by atoms with E-state index in [9.17, 15) is 10.2 Å². The van der Waals surface area contributed by atoms with Gasteiger partial charge in [-0.25, -0.2) is 0 Å². The number of aliphatic hydroxyl groups is 2. The molecule has 30 heavy (non-hydrogen) atoms. The molecule has 0 spiro atoms. The van der Waals surface area contributed by atoms with Gasteiger partial charge in [0.2, 0.25) is 0 Å². The average molecular weight is 417 g/mol. The van der Waals surface area contributed by atoms with E-state index in [0.29, 0.717) is 35.0 Å². The Morgan fingerprint density at radius 1 is 0.733 bits per heavy atom. The second-order valence-corrected chi connectivity index (χ2v) is 13.4. The summed E-state index contributed by atoms with van der Waals surface area (Å²) in [5.41, 5.74) is 0.0538. The summed E-state index contributed by atoms with van der Waals surface area (Å²) < 4.78 is 5.77. The van der Waals surface area contributed by atoms with Crippen molar-refractivity contribution >= 4 is 0 Å². The summed E-state index contributed by atoms with van der Waals surface area (Å²) in [4.78, 5) is 0. The molecule has 6 aliphatic rings. The van der Waals surface area contributed by atoms with Crippen LogP contribution >= 0.6 is 0 Å². The minimum Gasteiger partial charge on any atom is -0.389 e. The molecule has 6 fully saturated rings. The molecule has 5 saturated carbocycles. The third-order valence-electron chi connectivity index (χ3n) is 12.6. The summed E-state index contributed by atoms with van der Waals surface area (Å²) in [5, 5.41) is 23.0. The molecular weight excluding hydrogens is 372 g/mol. The highest BCUT2D eigenvalue weighted by Gasteiger charge is 2.70. The first-order chi connectivity index (χ1) is 14.1. The topological polar surface area (TPSA) is 49.7 Å². The fourth-order valence-electron chi connectivity index (χ4n) is 10.6. The van der Waals surface area contributed by atoms with Crippen molar-refractivity contribution in [1.82, 2.24) is 0 Å². The third-order valence-corrected chi connectivity index (χ3v) is 12.6. The van der Waals surface area contributed by atoms with Gasteiger partial charge in [-0.1, -0.05) is 27.2 Å². The summed E-state index contributed by atoms with van der Waals surface area (Å²) in [6, 6.07) is 0. The van der Waals surface area contributed by atoms with E-state index in [4.69, 9.17) is 4.74 Å². The molecule has 2 N–H and O–H groups in total. The molecule has 0 aromatic heterocycles. The van der Waals surface area contributed by atoms with E-state index in [-0.39, 0.29) is 5.41 Å². The van der Waals surface area contributed by atoms with Crippen molar-refractivity contribution < 1.29 is 14.9 Å². The zero-order valence-corrected chi connectivity index (χ0v) is 19.7. The number of ether oxygens (including phenoxy) is 1. The van der Waals surface area contributed by atoms with Crippen LogP contribution in [0.5, 0.6) is 0 Å². The zero-order valence-electron chi connectivity index (χ0n) is 19.7. The second-order valence-electron chi connectivity index (χ2n) is 13.4. The fourth-order valence-corrected chi connectivity index (χ4v) is 10.6. The van der Waals surface area contributed by atoms with Gasteiger partial charge < -0.3 is 14.9 Å². The molecule has 0 amide bonds. The summed E-state index contributed by atoms with van der Waals surface area (Å²) in [6.07, 6.45) is 12.6. The van der Waals surface area contributed by atoms with Gasteiger partial charge in [-0.3, -0.25) is 0 Å². The summed E-state index contributed by atoms with van der Waals surface area (Å²) >= 11 is 0. The summed E-state index contributed by atoms with van der Waals surface area (Å²) in [7, 11) is 0. The zero-order chi connectivity index (χ0) is 21.1. The van der Waals surface area contributed by atoms with Crippen molar-refractivity contribution in [2.75, 3.05) is 6.61 Å². The van der Waals surface area contributed by atoms with Gasteiger partial charge in [0.15, 0.2) is 5.79 Å². The van der Waals surface area contributed by atoms with Crippen molar-refractivity contribution in [3.05, 3.63) is 0 Å². The first-order valence-corrected chi connectivity index (χ1v) is 13.2. The van der Waals surface area contributed by atoms with Crippen molar-refractivity contribution in [2.45, 2.75) is 103 Å². The molecule has 1 heterocycles. The Kier molecular flexibility index (Phi) is 4.27. The van der Waals surface area contributed by atoms with E-state index in [2.05, 4.69) is 20.8 Å². The predicted octanol–water partition coefficient (Wildman–Crippen LogP) is 5.39. The van der Waals surface area contributed by atoms with E-state index in [1.807, 2.05) is 6.92 Å². The van der Waals surface area contributed by atoms with E-state index in [1.54, 1.807) is 0 Å². The van der Waals surface area contributed by atoms with Crippen LogP contribution in [0.4, 0.5) is 0 Å². The Morgan fingerprint density at radius 3 is 2.27 bits per heavy atom. The van der Waals surface area contributed by atoms with Crippen LogP contribution in [0, 0.1) is 58.2 Å². The molecule has 5 aliphatic carbocycles. The van der Waals surface area contributed by atoms with Crippen molar-refractivity contribution in [1.29, 1.82) is 0 Å². The van der Waals surface area contributed by atoms with Gasteiger partial charge >= 0.3 is 0 Å². The second kappa shape index (κ2) is 6.26. The molecule has 0 aromatic rings. The normalized spacial score (nSPS) is 64.6. The van der Waals surface area contributed by atoms with Crippen LogP contribution in [-0.4, -0.2) is 28.2 Å². The van der Waals surface area contributed by atoms with Gasteiger partial charge in [-0.2, -0.15) is 0 Å². The molecule has 1 aliphatic heterocycles. The predicted molar refractivity (Wildman–Crippen MR) is 118 cm³/mol. The largest absolute Gasteiger partial charge is 0.389 e. The van der Waals surface area contributed by atoms with Gasteiger partial charge in [-0.05, 0) is 117 Å². The number of hydrogen-bond donors (Lipinski definition) is 2. The van der Waals surface area contributed by atoms with E-state index in [0.717, 1.165) is 37.2 Å². The number of hydrogen-bond acceptors (Lipinski definition) is 3. The highest BCUT2D eigenvalue weighted by Crippen LogP contribution is 2.72. The van der Waals surface area contributed by atoms with Crippen molar-refractivity contribution in [2.24, 2.45) is 58.2 Å². The first kappa shape index (κ1) is 20.5. The fraction of sp³-hybridized carbons (Fsp3) is 1.00. The molecule has 12 atom stereocenters. The standard InChI is InChI=1S/C27H44O3/c1-16-7-10-24(2)17(13-16)5-6-22-21(24)8-11-25(3)20(9-12-27(22,25)29)18-14-23-19(18)15-30-26(23,4)28/h16-23,28-29H,5-15H2,1-4H3/t16-,17?,18?,19?,20?,21?,22?,23?,24-,25+,26?,27?/m0/s1. The van der Waals surface area contributed by atoms with Gasteiger partial charge in [-0.15, -0.1) is 0 Å². The lowest BCUT2D eigenvalue weighted by Crippen LogP contribution is -2.63. The lowest BCUT2D eigenvalue weighted by atomic mass is 9.42. The van der Waals surface area contributed by atoms with Crippen LogP contribution in [0.25, 0.3) is 0 Å². The molecule has 0 aromatic carbocycles. The summed E-state index contributed by atoms with van der Waals surface area (Å²) in [5.74, 6) is 4.17. The number of rotatable bonds is 1. The maximum atomic E-state index is 12.4. The van der Waals surface area contributed by atoms with Gasteiger partial charge in [0.05, 0.1) is 12.2 Å². The monoisotopic (exact) mass is 416 g/mol. The Morgan fingerprint density at radius 2 is 1.50 bits per heavy atom. The Bertz CT molecular complexity index is 719. The third kappa shape index (κ3) is 2.39. The number of fused-ring (bicyclic) bond motifs is 6. The van der Waals surface area contributed by atoms with E-state index >= 15 is 0 Å². The molecule has 6 rings (SSSR count). The quantitative estimate of drug-likeness (QED) is 0.603. The Hall–Kier alpha value is -0.120. The van der Waals surface area contributed by atoms with Crippen LogP contribution in [0.1, 0.15) is 91.9 Å². The molecule has 3 heteroatoms. The van der Waals surface area contributed by atoms with Crippen molar-refractivity contribution in [3.8, 4) is 0 Å².